The number of imidazole rings is 1. The van der Waals surface area contributed by atoms with Gasteiger partial charge >= 0.3 is 0 Å². The second kappa shape index (κ2) is 4.62. The average Bonchev–Trinajstić information content (AvgIpc) is 2.79. The van der Waals surface area contributed by atoms with Crippen molar-refractivity contribution in [3.05, 3.63) is 53.1 Å². The van der Waals surface area contributed by atoms with Gasteiger partial charge in [0.05, 0.1) is 18.0 Å². The van der Waals surface area contributed by atoms with Crippen molar-refractivity contribution in [2.45, 2.75) is 13.5 Å². The summed E-state index contributed by atoms with van der Waals surface area (Å²) >= 11 is 0. The van der Waals surface area contributed by atoms with E-state index in [0.717, 1.165) is 17.4 Å². The monoisotopic (exact) mass is 225 g/mol. The molecule has 0 atom stereocenters. The molecule has 0 saturated carbocycles. The Balaban J connectivity index is 2.24. The standard InChI is InChI=1S/C13H11N3O/c1-10-4-11(5-14)2-3-12(10)6-16-7-13(8-17)15-9-16/h2-4,7-9H,6H2,1H3. The Morgan fingerprint density at radius 1 is 1.53 bits per heavy atom. The molecule has 4 heteroatoms. The fourth-order valence-corrected chi connectivity index (χ4v) is 1.66. The van der Waals surface area contributed by atoms with Crippen LogP contribution in [-0.2, 0) is 6.54 Å². The lowest BCUT2D eigenvalue weighted by molar-refractivity contribution is 0.111. The number of carbonyl (C=O) groups is 1. The van der Waals surface area contributed by atoms with Gasteiger partial charge in [0.2, 0.25) is 0 Å². The Morgan fingerprint density at radius 2 is 2.35 bits per heavy atom. The average molecular weight is 225 g/mol. The molecule has 2 rings (SSSR count). The number of benzene rings is 1. The fourth-order valence-electron chi connectivity index (χ4n) is 1.66. The summed E-state index contributed by atoms with van der Waals surface area (Å²) in [6.07, 6.45) is 4.05. The number of rotatable bonds is 3. The number of aromatic nitrogens is 2. The van der Waals surface area contributed by atoms with Crippen molar-refractivity contribution in [3.63, 3.8) is 0 Å². The van der Waals surface area contributed by atoms with Crippen molar-refractivity contribution >= 4 is 6.29 Å². The minimum atomic E-state index is 0.427. The second-order valence-corrected chi connectivity index (χ2v) is 3.84. The maximum absolute atomic E-state index is 10.5. The van der Waals surface area contributed by atoms with Gasteiger partial charge in [-0.05, 0) is 30.2 Å². The van der Waals surface area contributed by atoms with Crippen molar-refractivity contribution in [2.75, 3.05) is 0 Å². The van der Waals surface area contributed by atoms with E-state index in [2.05, 4.69) is 11.1 Å². The highest BCUT2D eigenvalue weighted by molar-refractivity contribution is 5.70. The van der Waals surface area contributed by atoms with Gasteiger partial charge in [0.25, 0.3) is 0 Å². The van der Waals surface area contributed by atoms with Gasteiger partial charge in [0.15, 0.2) is 6.29 Å². The van der Waals surface area contributed by atoms with Crippen LogP contribution in [0.5, 0.6) is 0 Å². The smallest absolute Gasteiger partial charge is 0.169 e. The van der Waals surface area contributed by atoms with E-state index in [4.69, 9.17) is 5.26 Å². The molecule has 0 aliphatic heterocycles. The van der Waals surface area contributed by atoms with Gasteiger partial charge in [-0.1, -0.05) is 6.07 Å². The number of hydrogen-bond donors (Lipinski definition) is 0. The molecule has 1 aromatic heterocycles. The molecule has 0 N–H and O–H groups in total. The topological polar surface area (TPSA) is 58.7 Å². The molecule has 0 saturated heterocycles. The molecule has 0 unspecified atom stereocenters. The summed E-state index contributed by atoms with van der Waals surface area (Å²) < 4.78 is 1.85. The molecule has 4 nitrogen and oxygen atoms in total. The Hall–Kier alpha value is -2.41. The summed E-state index contributed by atoms with van der Waals surface area (Å²) in [7, 11) is 0. The van der Waals surface area contributed by atoms with Gasteiger partial charge in [0.1, 0.15) is 5.69 Å². The number of aldehydes is 1. The van der Waals surface area contributed by atoms with Crippen LogP contribution in [0.25, 0.3) is 0 Å². The van der Waals surface area contributed by atoms with Crippen molar-refractivity contribution in [1.29, 1.82) is 5.26 Å². The largest absolute Gasteiger partial charge is 0.332 e. The van der Waals surface area contributed by atoms with Gasteiger partial charge in [-0.25, -0.2) is 4.98 Å². The molecule has 1 heterocycles. The lowest BCUT2D eigenvalue weighted by Crippen LogP contribution is -1.99. The zero-order chi connectivity index (χ0) is 12.3. The van der Waals surface area contributed by atoms with Gasteiger partial charge in [-0.3, -0.25) is 4.79 Å². The first kappa shape index (κ1) is 11.1. The van der Waals surface area contributed by atoms with Crippen LogP contribution in [0.4, 0.5) is 0 Å². The van der Waals surface area contributed by atoms with Crippen molar-refractivity contribution in [1.82, 2.24) is 9.55 Å². The van der Waals surface area contributed by atoms with E-state index < -0.39 is 0 Å². The summed E-state index contributed by atoms with van der Waals surface area (Å²) in [6, 6.07) is 7.68. The maximum Gasteiger partial charge on any atom is 0.169 e. The van der Waals surface area contributed by atoms with E-state index >= 15 is 0 Å². The van der Waals surface area contributed by atoms with Gasteiger partial charge in [-0.15, -0.1) is 0 Å². The molecule has 1 aromatic carbocycles. The van der Waals surface area contributed by atoms with E-state index in [1.165, 1.54) is 0 Å². The lowest BCUT2D eigenvalue weighted by Gasteiger charge is -2.06. The van der Waals surface area contributed by atoms with Crippen molar-refractivity contribution < 1.29 is 4.79 Å². The first-order valence-corrected chi connectivity index (χ1v) is 5.19. The van der Waals surface area contributed by atoms with E-state index in [9.17, 15) is 4.79 Å². The minimum Gasteiger partial charge on any atom is -0.332 e. The van der Waals surface area contributed by atoms with Crippen LogP contribution in [0.3, 0.4) is 0 Å². The summed E-state index contributed by atoms with van der Waals surface area (Å²) in [6.45, 7) is 2.62. The predicted octanol–water partition coefficient (Wildman–Crippen LogP) is 1.92. The molecule has 0 aliphatic rings. The van der Waals surface area contributed by atoms with Gasteiger partial charge < -0.3 is 4.57 Å². The number of aryl methyl sites for hydroxylation is 1. The van der Waals surface area contributed by atoms with Crippen LogP contribution < -0.4 is 0 Å². The van der Waals surface area contributed by atoms with Crippen LogP contribution >= 0.6 is 0 Å². The number of hydrogen-bond acceptors (Lipinski definition) is 3. The molecule has 0 amide bonds. The first-order valence-electron chi connectivity index (χ1n) is 5.19. The van der Waals surface area contributed by atoms with Gasteiger partial charge in [-0.2, -0.15) is 5.26 Å². The minimum absolute atomic E-state index is 0.427. The Labute approximate surface area is 99.1 Å². The summed E-state index contributed by atoms with van der Waals surface area (Å²) in [5, 5.41) is 8.77. The molecule has 0 aliphatic carbocycles. The van der Waals surface area contributed by atoms with Crippen molar-refractivity contribution in [2.24, 2.45) is 0 Å². The van der Waals surface area contributed by atoms with E-state index in [1.807, 2.05) is 23.6 Å². The summed E-state index contributed by atoms with van der Waals surface area (Å²) in [4.78, 5) is 14.4. The quantitative estimate of drug-likeness (QED) is 0.750. The molecule has 17 heavy (non-hydrogen) atoms. The fraction of sp³-hybridized carbons (Fsp3) is 0.154. The van der Waals surface area contributed by atoms with Crippen molar-refractivity contribution in [3.8, 4) is 6.07 Å². The third-order valence-corrected chi connectivity index (χ3v) is 2.60. The molecule has 0 fully saturated rings. The Bertz CT molecular complexity index is 593. The third-order valence-electron chi connectivity index (χ3n) is 2.60. The molecular formula is C13H11N3O. The molecule has 0 spiro atoms. The Morgan fingerprint density at radius 3 is 2.94 bits per heavy atom. The molecular weight excluding hydrogens is 214 g/mol. The second-order valence-electron chi connectivity index (χ2n) is 3.84. The van der Waals surface area contributed by atoms with Crippen LogP contribution in [0, 0.1) is 18.3 Å². The predicted molar refractivity (Wildman–Crippen MR) is 62.6 cm³/mol. The van der Waals surface area contributed by atoms with Crippen LogP contribution in [0.15, 0.2) is 30.7 Å². The van der Waals surface area contributed by atoms with Gasteiger partial charge in [0, 0.05) is 12.7 Å². The zero-order valence-corrected chi connectivity index (χ0v) is 9.42. The molecule has 0 bridgehead atoms. The number of nitriles is 1. The van der Waals surface area contributed by atoms with Crippen LogP contribution in [0.1, 0.15) is 27.2 Å². The SMILES string of the molecule is Cc1cc(C#N)ccc1Cn1cnc(C=O)c1. The van der Waals surface area contributed by atoms with E-state index in [-0.39, 0.29) is 0 Å². The van der Waals surface area contributed by atoms with E-state index in [1.54, 1.807) is 18.6 Å². The molecule has 84 valence electrons. The molecule has 0 radical (unpaired) electrons. The maximum atomic E-state index is 10.5. The first-order chi connectivity index (χ1) is 8.22. The third kappa shape index (κ3) is 2.40. The summed E-state index contributed by atoms with van der Waals surface area (Å²) in [5.74, 6) is 0. The highest BCUT2D eigenvalue weighted by atomic mass is 16.1. The number of carbonyl (C=O) groups excluding carboxylic acids is 1. The molecule has 2 aromatic rings. The van der Waals surface area contributed by atoms with Crippen LogP contribution in [0.2, 0.25) is 0 Å². The zero-order valence-electron chi connectivity index (χ0n) is 9.42. The highest BCUT2D eigenvalue weighted by Gasteiger charge is 2.02. The lowest BCUT2D eigenvalue weighted by atomic mass is 10.1. The normalized spacial score (nSPS) is 9.88. The summed E-state index contributed by atoms with van der Waals surface area (Å²) in [5.41, 5.74) is 3.26. The number of nitrogens with zero attached hydrogens (tertiary/aromatic N) is 3. The highest BCUT2D eigenvalue weighted by Crippen LogP contribution is 2.12. The van der Waals surface area contributed by atoms with Crippen LogP contribution in [-0.4, -0.2) is 15.8 Å². The Kier molecular flexibility index (Phi) is 3.01. The van der Waals surface area contributed by atoms with E-state index in [0.29, 0.717) is 17.8 Å².